The molecule has 1 N–H and O–H groups in total. The first-order valence-electron chi connectivity index (χ1n) is 7.04. The Bertz CT molecular complexity index is 451. The van der Waals surface area contributed by atoms with E-state index in [4.69, 9.17) is 14.6 Å². The molecule has 0 radical (unpaired) electrons. The molecule has 112 valence electrons. The van der Waals surface area contributed by atoms with E-state index in [0.717, 1.165) is 35.5 Å². The van der Waals surface area contributed by atoms with Gasteiger partial charge in [0.1, 0.15) is 13.2 Å². The summed E-state index contributed by atoms with van der Waals surface area (Å²) in [6.07, 6.45) is 0.792. The summed E-state index contributed by atoms with van der Waals surface area (Å²) < 4.78 is 12.3. The first-order valence-corrected chi connectivity index (χ1v) is 7.84. The lowest BCUT2D eigenvalue weighted by molar-refractivity contribution is 0.169. The van der Waals surface area contributed by atoms with Crippen LogP contribution in [0, 0.1) is 0 Å². The van der Waals surface area contributed by atoms with E-state index in [1.807, 2.05) is 12.1 Å². The molecule has 0 fully saturated rings. The third-order valence-electron chi connectivity index (χ3n) is 3.42. The van der Waals surface area contributed by atoms with Gasteiger partial charge >= 0.3 is 0 Å². The van der Waals surface area contributed by atoms with Gasteiger partial charge in [-0.2, -0.15) is 0 Å². The molecule has 0 bridgehead atoms. The zero-order valence-corrected chi connectivity index (χ0v) is 13.6. The highest BCUT2D eigenvalue weighted by atomic mass is 79.9. The Kier molecular flexibility index (Phi) is 5.69. The van der Waals surface area contributed by atoms with Crippen LogP contribution in [0.1, 0.15) is 25.8 Å². The van der Waals surface area contributed by atoms with Crippen LogP contribution in [0.3, 0.4) is 0 Å². The summed E-state index contributed by atoms with van der Waals surface area (Å²) in [5, 5.41) is 9.00. The summed E-state index contributed by atoms with van der Waals surface area (Å²) in [4.78, 5) is 2.34. The number of hydrogen-bond acceptors (Lipinski definition) is 4. The molecule has 0 saturated heterocycles. The largest absolute Gasteiger partial charge is 0.486 e. The van der Waals surface area contributed by atoms with Crippen LogP contribution >= 0.6 is 15.9 Å². The fraction of sp³-hybridized carbons (Fsp3) is 0.600. The lowest BCUT2D eigenvalue weighted by Gasteiger charge is -2.27. The van der Waals surface area contributed by atoms with Gasteiger partial charge in [0.05, 0.1) is 0 Å². The number of nitrogens with zero attached hydrogens (tertiary/aromatic N) is 1. The van der Waals surface area contributed by atoms with Crippen molar-refractivity contribution in [3.8, 4) is 11.5 Å². The summed E-state index contributed by atoms with van der Waals surface area (Å²) in [5.41, 5.74) is 1.18. The molecule has 1 aromatic carbocycles. The van der Waals surface area contributed by atoms with Gasteiger partial charge in [-0.1, -0.05) is 15.9 Å². The molecule has 4 nitrogen and oxygen atoms in total. The predicted octanol–water partition coefficient (Wildman–Crippen LogP) is 2.81. The van der Waals surface area contributed by atoms with E-state index in [-0.39, 0.29) is 6.61 Å². The van der Waals surface area contributed by atoms with Gasteiger partial charge in [0.15, 0.2) is 11.5 Å². The molecule has 5 heteroatoms. The molecule has 20 heavy (non-hydrogen) atoms. The maximum Gasteiger partial charge on any atom is 0.162 e. The van der Waals surface area contributed by atoms with Crippen molar-refractivity contribution in [2.45, 2.75) is 32.9 Å². The van der Waals surface area contributed by atoms with Crippen molar-refractivity contribution >= 4 is 15.9 Å². The van der Waals surface area contributed by atoms with Crippen molar-refractivity contribution < 1.29 is 14.6 Å². The average molecular weight is 344 g/mol. The van der Waals surface area contributed by atoms with Gasteiger partial charge in [0, 0.05) is 30.2 Å². The topological polar surface area (TPSA) is 41.9 Å². The third kappa shape index (κ3) is 3.87. The molecule has 1 aliphatic heterocycles. The molecule has 0 unspecified atom stereocenters. The van der Waals surface area contributed by atoms with Crippen LogP contribution in [-0.2, 0) is 6.54 Å². The van der Waals surface area contributed by atoms with Gasteiger partial charge in [-0.15, -0.1) is 0 Å². The SMILES string of the molecule is CC(C)N(CCCO)Cc1cc2c(cc1Br)OCCO2. The smallest absolute Gasteiger partial charge is 0.162 e. The number of halogens is 1. The van der Waals surface area contributed by atoms with Crippen molar-refractivity contribution in [2.24, 2.45) is 0 Å². The van der Waals surface area contributed by atoms with Gasteiger partial charge in [-0.3, -0.25) is 4.90 Å². The molecule has 1 aromatic rings. The maximum absolute atomic E-state index is 9.00. The average Bonchev–Trinajstić information content (AvgIpc) is 2.43. The van der Waals surface area contributed by atoms with Crippen molar-refractivity contribution in [3.63, 3.8) is 0 Å². The van der Waals surface area contributed by atoms with Crippen molar-refractivity contribution in [1.82, 2.24) is 4.90 Å². The number of rotatable bonds is 6. The van der Waals surface area contributed by atoms with Crippen molar-refractivity contribution in [2.75, 3.05) is 26.4 Å². The van der Waals surface area contributed by atoms with E-state index in [1.165, 1.54) is 5.56 Å². The minimum Gasteiger partial charge on any atom is -0.486 e. The highest BCUT2D eigenvalue weighted by Crippen LogP contribution is 2.36. The summed E-state index contributed by atoms with van der Waals surface area (Å²) >= 11 is 3.61. The molecular formula is C15H22BrNO3. The van der Waals surface area contributed by atoms with Crippen LogP contribution in [-0.4, -0.2) is 42.4 Å². The fourth-order valence-corrected chi connectivity index (χ4v) is 2.69. The maximum atomic E-state index is 9.00. The highest BCUT2D eigenvalue weighted by molar-refractivity contribution is 9.10. The fourth-order valence-electron chi connectivity index (χ4n) is 2.24. The number of hydrogen-bond donors (Lipinski definition) is 1. The van der Waals surface area contributed by atoms with Crippen LogP contribution in [0.15, 0.2) is 16.6 Å². The predicted molar refractivity (Wildman–Crippen MR) is 82.4 cm³/mol. The molecule has 0 aliphatic carbocycles. The van der Waals surface area contributed by atoms with Crippen molar-refractivity contribution in [1.29, 1.82) is 0 Å². The first-order chi connectivity index (χ1) is 9.61. The minimum atomic E-state index is 0.228. The number of ether oxygens (including phenoxy) is 2. The van der Waals surface area contributed by atoms with E-state index in [2.05, 4.69) is 34.7 Å². The highest BCUT2D eigenvalue weighted by Gasteiger charge is 2.17. The van der Waals surface area contributed by atoms with Crippen LogP contribution in [0.25, 0.3) is 0 Å². The molecule has 0 aromatic heterocycles. The minimum absolute atomic E-state index is 0.228. The third-order valence-corrected chi connectivity index (χ3v) is 4.16. The zero-order chi connectivity index (χ0) is 14.5. The molecular weight excluding hydrogens is 322 g/mol. The number of fused-ring (bicyclic) bond motifs is 1. The normalized spacial score (nSPS) is 14.1. The molecule has 0 atom stereocenters. The molecule has 0 saturated carbocycles. The van der Waals surface area contributed by atoms with Crippen LogP contribution < -0.4 is 9.47 Å². The van der Waals surface area contributed by atoms with Gasteiger partial charge in [-0.25, -0.2) is 0 Å². The molecule has 1 heterocycles. The summed E-state index contributed by atoms with van der Waals surface area (Å²) in [5.74, 6) is 1.62. The van der Waals surface area contributed by atoms with E-state index < -0.39 is 0 Å². The number of aliphatic hydroxyl groups excluding tert-OH is 1. The molecule has 0 spiro atoms. The van der Waals surface area contributed by atoms with E-state index >= 15 is 0 Å². The molecule has 0 amide bonds. The van der Waals surface area contributed by atoms with E-state index in [0.29, 0.717) is 19.3 Å². The van der Waals surface area contributed by atoms with Gasteiger partial charge in [0.25, 0.3) is 0 Å². The Labute approximate surface area is 128 Å². The Hall–Kier alpha value is -0.780. The first kappa shape index (κ1) is 15.6. The Morgan fingerprint density at radius 2 is 1.90 bits per heavy atom. The second-order valence-corrected chi connectivity index (χ2v) is 6.08. The lowest BCUT2D eigenvalue weighted by atomic mass is 10.1. The number of aliphatic hydroxyl groups is 1. The monoisotopic (exact) mass is 343 g/mol. The van der Waals surface area contributed by atoms with Gasteiger partial charge in [0.2, 0.25) is 0 Å². The zero-order valence-electron chi connectivity index (χ0n) is 12.1. The van der Waals surface area contributed by atoms with Crippen LogP contribution in [0.5, 0.6) is 11.5 Å². The second-order valence-electron chi connectivity index (χ2n) is 5.23. The molecule has 2 rings (SSSR count). The van der Waals surface area contributed by atoms with Gasteiger partial charge in [-0.05, 0) is 38.0 Å². The van der Waals surface area contributed by atoms with E-state index in [1.54, 1.807) is 0 Å². The summed E-state index contributed by atoms with van der Waals surface area (Å²) in [7, 11) is 0. The van der Waals surface area contributed by atoms with Crippen LogP contribution in [0.2, 0.25) is 0 Å². The Morgan fingerprint density at radius 1 is 1.25 bits per heavy atom. The quantitative estimate of drug-likeness (QED) is 0.862. The summed E-state index contributed by atoms with van der Waals surface area (Å²) in [6.45, 7) is 7.49. The molecule has 1 aliphatic rings. The standard InChI is InChI=1S/C15H22BrNO3/c1-11(2)17(4-3-5-18)10-12-8-14-15(9-13(12)16)20-7-6-19-14/h8-9,11,18H,3-7,10H2,1-2H3. The van der Waals surface area contributed by atoms with Crippen molar-refractivity contribution in [3.05, 3.63) is 22.2 Å². The Morgan fingerprint density at radius 3 is 2.50 bits per heavy atom. The lowest BCUT2D eigenvalue weighted by Crippen LogP contribution is -2.32. The van der Waals surface area contributed by atoms with Gasteiger partial charge < -0.3 is 14.6 Å². The van der Waals surface area contributed by atoms with E-state index in [9.17, 15) is 0 Å². The van der Waals surface area contributed by atoms with Crippen LogP contribution in [0.4, 0.5) is 0 Å². The number of benzene rings is 1. The Balaban J connectivity index is 2.14. The second kappa shape index (κ2) is 7.29. The summed E-state index contributed by atoms with van der Waals surface area (Å²) in [6, 6.07) is 4.46.